The summed E-state index contributed by atoms with van der Waals surface area (Å²) in [5.41, 5.74) is 0. The Morgan fingerprint density at radius 3 is 2.58 bits per heavy atom. The molecule has 19 heavy (non-hydrogen) atoms. The number of aliphatic imine (C=N–C) groups is 1. The molecule has 2 atom stereocenters. The van der Waals surface area contributed by atoms with Gasteiger partial charge in [0.25, 0.3) is 0 Å². The minimum Gasteiger partial charge on any atom is -0.379 e. The summed E-state index contributed by atoms with van der Waals surface area (Å²) < 4.78 is 5.48. The Kier molecular flexibility index (Phi) is 7.16. The Morgan fingerprint density at radius 1 is 1.32 bits per heavy atom. The van der Waals surface area contributed by atoms with Crippen LogP contribution >= 0.6 is 0 Å². The number of nitrogens with one attached hydrogen (secondary N) is 2. The lowest BCUT2D eigenvalue weighted by molar-refractivity contribution is -0.0174. The molecule has 5 nitrogen and oxygen atoms in total. The maximum Gasteiger partial charge on any atom is 0.191 e. The zero-order valence-corrected chi connectivity index (χ0v) is 13.1. The van der Waals surface area contributed by atoms with Crippen molar-refractivity contribution in [2.75, 3.05) is 39.9 Å². The molecule has 1 aliphatic rings. The molecular formula is C14H30N4O. The normalized spacial score (nSPS) is 23.5. The van der Waals surface area contributed by atoms with Crippen LogP contribution < -0.4 is 10.6 Å². The first-order valence-electron chi connectivity index (χ1n) is 7.32. The maximum absolute atomic E-state index is 5.48. The molecule has 0 saturated carbocycles. The SMILES string of the molecule is CN=C(NCC(C)C)NCC(C)N1CCOCC1C. The summed E-state index contributed by atoms with van der Waals surface area (Å²) in [4.78, 5) is 6.74. The number of rotatable bonds is 5. The van der Waals surface area contributed by atoms with Gasteiger partial charge in [0.2, 0.25) is 0 Å². The van der Waals surface area contributed by atoms with E-state index < -0.39 is 0 Å². The number of hydrogen-bond donors (Lipinski definition) is 2. The first-order chi connectivity index (χ1) is 9.04. The van der Waals surface area contributed by atoms with Gasteiger partial charge in [0.1, 0.15) is 0 Å². The zero-order valence-electron chi connectivity index (χ0n) is 13.1. The van der Waals surface area contributed by atoms with Crippen molar-refractivity contribution >= 4 is 5.96 Å². The van der Waals surface area contributed by atoms with Crippen molar-refractivity contribution in [3.05, 3.63) is 0 Å². The molecule has 0 aromatic carbocycles. The van der Waals surface area contributed by atoms with E-state index in [1.807, 2.05) is 7.05 Å². The van der Waals surface area contributed by atoms with Gasteiger partial charge in [-0.3, -0.25) is 9.89 Å². The van der Waals surface area contributed by atoms with E-state index in [-0.39, 0.29) is 0 Å². The lowest BCUT2D eigenvalue weighted by atomic mass is 10.2. The Hall–Kier alpha value is -0.810. The molecule has 1 saturated heterocycles. The minimum absolute atomic E-state index is 0.483. The van der Waals surface area contributed by atoms with E-state index in [0.29, 0.717) is 18.0 Å². The van der Waals surface area contributed by atoms with Gasteiger partial charge in [-0.25, -0.2) is 0 Å². The Morgan fingerprint density at radius 2 is 2.00 bits per heavy atom. The van der Waals surface area contributed by atoms with Crippen LogP contribution in [0.1, 0.15) is 27.7 Å². The smallest absolute Gasteiger partial charge is 0.191 e. The molecule has 2 unspecified atom stereocenters. The lowest BCUT2D eigenvalue weighted by Gasteiger charge is -2.38. The average molecular weight is 270 g/mol. The van der Waals surface area contributed by atoms with Gasteiger partial charge in [0, 0.05) is 38.8 Å². The predicted octanol–water partition coefficient (Wildman–Crippen LogP) is 0.917. The highest BCUT2D eigenvalue weighted by Gasteiger charge is 2.23. The lowest BCUT2D eigenvalue weighted by Crippen LogP contribution is -2.53. The van der Waals surface area contributed by atoms with E-state index in [1.165, 1.54) is 0 Å². The first-order valence-corrected chi connectivity index (χ1v) is 7.32. The summed E-state index contributed by atoms with van der Waals surface area (Å²) in [6.45, 7) is 13.4. The summed E-state index contributed by atoms with van der Waals surface area (Å²) in [6, 6.07) is 0.979. The number of ether oxygens (including phenoxy) is 1. The van der Waals surface area contributed by atoms with Crippen molar-refractivity contribution in [3.8, 4) is 0 Å². The van der Waals surface area contributed by atoms with Gasteiger partial charge >= 0.3 is 0 Å². The van der Waals surface area contributed by atoms with Crippen LogP contribution in [0.5, 0.6) is 0 Å². The molecule has 0 bridgehead atoms. The van der Waals surface area contributed by atoms with Crippen molar-refractivity contribution in [1.82, 2.24) is 15.5 Å². The molecule has 0 aliphatic carbocycles. The van der Waals surface area contributed by atoms with Crippen molar-refractivity contribution in [2.24, 2.45) is 10.9 Å². The van der Waals surface area contributed by atoms with Crippen molar-refractivity contribution in [2.45, 2.75) is 39.8 Å². The van der Waals surface area contributed by atoms with Gasteiger partial charge in [0.05, 0.1) is 13.2 Å². The molecule has 0 aromatic rings. The van der Waals surface area contributed by atoms with Crippen LogP contribution in [0.25, 0.3) is 0 Å². The second kappa shape index (κ2) is 8.38. The van der Waals surface area contributed by atoms with Gasteiger partial charge in [-0.1, -0.05) is 13.8 Å². The van der Waals surface area contributed by atoms with Crippen LogP contribution in [-0.2, 0) is 4.74 Å². The fraction of sp³-hybridized carbons (Fsp3) is 0.929. The molecule has 1 heterocycles. The predicted molar refractivity (Wildman–Crippen MR) is 80.7 cm³/mol. The number of nitrogens with zero attached hydrogens (tertiary/aromatic N) is 2. The molecular weight excluding hydrogens is 240 g/mol. The van der Waals surface area contributed by atoms with E-state index in [2.05, 4.69) is 48.2 Å². The summed E-state index contributed by atoms with van der Waals surface area (Å²) in [5.74, 6) is 1.51. The third-order valence-corrected chi connectivity index (χ3v) is 3.45. The van der Waals surface area contributed by atoms with Crippen molar-refractivity contribution < 1.29 is 4.74 Å². The quantitative estimate of drug-likeness (QED) is 0.576. The molecule has 0 radical (unpaired) electrons. The molecule has 1 fully saturated rings. The molecule has 1 rings (SSSR count). The van der Waals surface area contributed by atoms with Crippen LogP contribution in [-0.4, -0.2) is 62.8 Å². The first kappa shape index (κ1) is 16.2. The monoisotopic (exact) mass is 270 g/mol. The van der Waals surface area contributed by atoms with E-state index in [0.717, 1.165) is 38.8 Å². The van der Waals surface area contributed by atoms with E-state index in [9.17, 15) is 0 Å². The molecule has 112 valence electrons. The highest BCUT2D eigenvalue weighted by atomic mass is 16.5. The summed E-state index contributed by atoms with van der Waals surface area (Å²) >= 11 is 0. The van der Waals surface area contributed by atoms with Crippen LogP contribution in [0.4, 0.5) is 0 Å². The fourth-order valence-electron chi connectivity index (χ4n) is 2.28. The van der Waals surface area contributed by atoms with Crippen molar-refractivity contribution in [3.63, 3.8) is 0 Å². The van der Waals surface area contributed by atoms with E-state index >= 15 is 0 Å². The second-order valence-corrected chi connectivity index (χ2v) is 5.74. The maximum atomic E-state index is 5.48. The average Bonchev–Trinajstić information content (AvgIpc) is 2.39. The number of guanidine groups is 1. The highest BCUT2D eigenvalue weighted by Crippen LogP contribution is 2.09. The summed E-state index contributed by atoms with van der Waals surface area (Å²) in [5, 5.41) is 6.73. The zero-order chi connectivity index (χ0) is 14.3. The van der Waals surface area contributed by atoms with Crippen LogP contribution in [0.3, 0.4) is 0 Å². The van der Waals surface area contributed by atoms with Crippen LogP contribution in [0.15, 0.2) is 4.99 Å². The topological polar surface area (TPSA) is 48.9 Å². The third-order valence-electron chi connectivity index (χ3n) is 3.45. The standard InChI is InChI=1S/C14H30N4O/c1-11(2)8-16-14(15-5)17-9-12(3)18-6-7-19-10-13(18)4/h11-13H,6-10H2,1-5H3,(H2,15,16,17). The van der Waals surface area contributed by atoms with E-state index in [4.69, 9.17) is 4.74 Å². The van der Waals surface area contributed by atoms with Crippen molar-refractivity contribution in [1.29, 1.82) is 0 Å². The molecule has 2 N–H and O–H groups in total. The highest BCUT2D eigenvalue weighted by molar-refractivity contribution is 5.79. The molecule has 0 amide bonds. The summed E-state index contributed by atoms with van der Waals surface area (Å²) in [7, 11) is 1.82. The van der Waals surface area contributed by atoms with Gasteiger partial charge < -0.3 is 15.4 Å². The van der Waals surface area contributed by atoms with Gasteiger partial charge in [0.15, 0.2) is 5.96 Å². The van der Waals surface area contributed by atoms with Gasteiger partial charge in [-0.15, -0.1) is 0 Å². The summed E-state index contributed by atoms with van der Waals surface area (Å²) in [6.07, 6.45) is 0. The second-order valence-electron chi connectivity index (χ2n) is 5.74. The number of hydrogen-bond acceptors (Lipinski definition) is 3. The minimum atomic E-state index is 0.483. The molecule has 1 aliphatic heterocycles. The number of morpholine rings is 1. The molecule has 5 heteroatoms. The Balaban J connectivity index is 2.33. The van der Waals surface area contributed by atoms with Gasteiger partial charge in [-0.2, -0.15) is 0 Å². The Bertz CT molecular complexity index is 281. The fourth-order valence-corrected chi connectivity index (χ4v) is 2.28. The van der Waals surface area contributed by atoms with Crippen LogP contribution in [0.2, 0.25) is 0 Å². The largest absolute Gasteiger partial charge is 0.379 e. The Labute approximate surface area is 117 Å². The van der Waals surface area contributed by atoms with E-state index in [1.54, 1.807) is 0 Å². The van der Waals surface area contributed by atoms with Gasteiger partial charge in [-0.05, 0) is 19.8 Å². The molecule has 0 aromatic heterocycles. The third kappa shape index (κ3) is 5.78. The molecule has 0 spiro atoms. The van der Waals surface area contributed by atoms with Crippen LogP contribution in [0, 0.1) is 5.92 Å².